The van der Waals surface area contributed by atoms with Crippen molar-refractivity contribution in [2.24, 2.45) is 0 Å². The van der Waals surface area contributed by atoms with Gasteiger partial charge in [-0.05, 0) is 39.0 Å². The summed E-state index contributed by atoms with van der Waals surface area (Å²) < 4.78 is 76.8. The predicted molar refractivity (Wildman–Crippen MR) is 89.2 cm³/mol. The SMILES string of the molecule is CC(C)(C)NC(=O)CCC(=O)NNC(=O)c1cc(C(F)(F)F)cc(C(F)(F)F)c1. The molecule has 0 saturated heterocycles. The van der Waals surface area contributed by atoms with E-state index < -0.39 is 52.3 Å². The van der Waals surface area contributed by atoms with Crippen molar-refractivity contribution in [2.45, 2.75) is 51.5 Å². The molecule has 12 heteroatoms. The number of alkyl halides is 6. The smallest absolute Gasteiger partial charge is 0.351 e. The number of carbonyl (C=O) groups is 3. The number of hydrazine groups is 1. The van der Waals surface area contributed by atoms with Gasteiger partial charge in [0.15, 0.2) is 0 Å². The lowest BCUT2D eigenvalue weighted by molar-refractivity contribution is -0.143. The van der Waals surface area contributed by atoms with Crippen LogP contribution in [0.15, 0.2) is 18.2 Å². The number of nitrogens with one attached hydrogen (secondary N) is 3. The monoisotopic (exact) mass is 427 g/mol. The Morgan fingerprint density at radius 1 is 0.759 bits per heavy atom. The molecule has 29 heavy (non-hydrogen) atoms. The van der Waals surface area contributed by atoms with E-state index in [1.165, 1.54) is 0 Å². The first-order valence-electron chi connectivity index (χ1n) is 8.19. The molecule has 1 aromatic rings. The number of halogens is 6. The molecule has 6 nitrogen and oxygen atoms in total. The van der Waals surface area contributed by atoms with Gasteiger partial charge in [0.1, 0.15) is 0 Å². The maximum Gasteiger partial charge on any atom is 0.416 e. The van der Waals surface area contributed by atoms with Gasteiger partial charge in [-0.15, -0.1) is 0 Å². The zero-order chi connectivity index (χ0) is 22.6. The lowest BCUT2D eigenvalue weighted by Gasteiger charge is -2.20. The third-order valence-electron chi connectivity index (χ3n) is 3.26. The Balaban J connectivity index is 2.79. The van der Waals surface area contributed by atoms with E-state index in [0.717, 1.165) is 0 Å². The number of hydrogen-bond donors (Lipinski definition) is 3. The van der Waals surface area contributed by atoms with Crippen molar-refractivity contribution >= 4 is 17.7 Å². The second-order valence-electron chi connectivity index (χ2n) is 7.10. The van der Waals surface area contributed by atoms with Gasteiger partial charge in [-0.25, -0.2) is 0 Å². The van der Waals surface area contributed by atoms with Gasteiger partial charge in [0.05, 0.1) is 11.1 Å². The molecule has 0 fully saturated rings. The van der Waals surface area contributed by atoms with Crippen molar-refractivity contribution in [2.75, 3.05) is 0 Å². The molecule has 0 aliphatic rings. The zero-order valence-electron chi connectivity index (χ0n) is 15.6. The van der Waals surface area contributed by atoms with Gasteiger partial charge < -0.3 is 5.32 Å². The number of rotatable bonds is 4. The minimum absolute atomic E-state index is 0.122. The molecule has 0 aliphatic heterocycles. The van der Waals surface area contributed by atoms with Crippen molar-refractivity contribution in [1.82, 2.24) is 16.2 Å². The van der Waals surface area contributed by atoms with Crippen LogP contribution in [-0.2, 0) is 21.9 Å². The van der Waals surface area contributed by atoms with Gasteiger partial charge in [-0.3, -0.25) is 25.2 Å². The first-order chi connectivity index (χ1) is 13.0. The summed E-state index contributed by atoms with van der Waals surface area (Å²) in [5, 5.41) is 2.59. The van der Waals surface area contributed by atoms with Crippen molar-refractivity contribution < 1.29 is 40.7 Å². The van der Waals surface area contributed by atoms with Crippen molar-refractivity contribution in [3.05, 3.63) is 34.9 Å². The summed E-state index contributed by atoms with van der Waals surface area (Å²) >= 11 is 0. The maximum absolute atomic E-state index is 12.8. The van der Waals surface area contributed by atoms with Crippen LogP contribution in [0.2, 0.25) is 0 Å². The van der Waals surface area contributed by atoms with Gasteiger partial charge in [0.2, 0.25) is 11.8 Å². The highest BCUT2D eigenvalue weighted by Gasteiger charge is 2.37. The number of hydrogen-bond acceptors (Lipinski definition) is 3. The van der Waals surface area contributed by atoms with Gasteiger partial charge in [0, 0.05) is 23.9 Å². The summed E-state index contributed by atoms with van der Waals surface area (Å²) in [6.07, 6.45) is -10.8. The number of carbonyl (C=O) groups excluding carboxylic acids is 3. The summed E-state index contributed by atoms with van der Waals surface area (Å²) in [5.74, 6) is -2.69. The van der Waals surface area contributed by atoms with E-state index in [1.54, 1.807) is 26.2 Å². The van der Waals surface area contributed by atoms with Gasteiger partial charge in [-0.2, -0.15) is 26.3 Å². The Bertz CT molecular complexity index is 750. The lowest BCUT2D eigenvalue weighted by atomic mass is 10.0. The van der Waals surface area contributed by atoms with Crippen LogP contribution in [0, 0.1) is 0 Å². The van der Waals surface area contributed by atoms with Crippen molar-refractivity contribution in [1.29, 1.82) is 0 Å². The minimum Gasteiger partial charge on any atom is -0.351 e. The molecule has 0 aliphatic carbocycles. The first-order valence-corrected chi connectivity index (χ1v) is 8.19. The Hall–Kier alpha value is -2.79. The van der Waals surface area contributed by atoms with E-state index in [9.17, 15) is 40.7 Å². The summed E-state index contributed by atoms with van der Waals surface area (Å²) in [6, 6.07) is 0.338. The van der Waals surface area contributed by atoms with Crippen LogP contribution >= 0.6 is 0 Å². The normalized spacial score (nSPS) is 12.3. The van der Waals surface area contributed by atoms with Crippen LogP contribution < -0.4 is 16.2 Å². The molecule has 0 heterocycles. The summed E-state index contributed by atoms with van der Waals surface area (Å²) in [6.45, 7) is 5.15. The number of benzene rings is 1. The fraction of sp³-hybridized carbons (Fsp3) is 0.471. The molecule has 0 radical (unpaired) electrons. The molecule has 162 valence electrons. The molecular weight excluding hydrogens is 408 g/mol. The van der Waals surface area contributed by atoms with E-state index in [1.807, 2.05) is 5.43 Å². The third-order valence-corrected chi connectivity index (χ3v) is 3.26. The van der Waals surface area contributed by atoms with Crippen LogP contribution in [0.25, 0.3) is 0 Å². The average Bonchev–Trinajstić information content (AvgIpc) is 2.54. The topological polar surface area (TPSA) is 87.3 Å². The molecule has 0 atom stereocenters. The number of amides is 3. The first kappa shape index (κ1) is 24.2. The van der Waals surface area contributed by atoms with Gasteiger partial charge in [0.25, 0.3) is 5.91 Å². The molecule has 0 unspecified atom stereocenters. The molecule has 0 aromatic heterocycles. The molecule has 0 spiro atoms. The largest absolute Gasteiger partial charge is 0.416 e. The third kappa shape index (κ3) is 8.40. The van der Waals surface area contributed by atoms with E-state index >= 15 is 0 Å². The minimum atomic E-state index is -5.11. The van der Waals surface area contributed by atoms with Crippen LogP contribution in [0.1, 0.15) is 55.1 Å². The molecular formula is C17H19F6N3O3. The molecule has 1 rings (SSSR count). The summed E-state index contributed by atoms with van der Waals surface area (Å²) in [7, 11) is 0. The van der Waals surface area contributed by atoms with Gasteiger partial charge >= 0.3 is 12.4 Å². The second kappa shape index (κ2) is 8.70. The van der Waals surface area contributed by atoms with E-state index in [0.29, 0.717) is 0 Å². The Morgan fingerprint density at radius 2 is 1.21 bits per heavy atom. The quantitative estimate of drug-likeness (QED) is 0.510. The highest BCUT2D eigenvalue weighted by molar-refractivity contribution is 5.96. The summed E-state index contributed by atoms with van der Waals surface area (Å²) in [5.41, 5.74) is -1.24. The van der Waals surface area contributed by atoms with E-state index in [-0.39, 0.29) is 31.0 Å². The van der Waals surface area contributed by atoms with E-state index in [4.69, 9.17) is 0 Å². The fourth-order valence-electron chi connectivity index (χ4n) is 2.05. The van der Waals surface area contributed by atoms with Crippen LogP contribution in [0.3, 0.4) is 0 Å². The molecule has 3 amide bonds. The highest BCUT2D eigenvalue weighted by atomic mass is 19.4. The van der Waals surface area contributed by atoms with Crippen LogP contribution in [-0.4, -0.2) is 23.3 Å². The van der Waals surface area contributed by atoms with Crippen molar-refractivity contribution in [3.8, 4) is 0 Å². The van der Waals surface area contributed by atoms with Crippen LogP contribution in [0.5, 0.6) is 0 Å². The predicted octanol–water partition coefficient (Wildman–Crippen LogP) is 3.18. The van der Waals surface area contributed by atoms with Crippen LogP contribution in [0.4, 0.5) is 26.3 Å². The summed E-state index contributed by atoms with van der Waals surface area (Å²) in [4.78, 5) is 35.1. The zero-order valence-corrected chi connectivity index (χ0v) is 15.6. The molecule has 0 saturated carbocycles. The second-order valence-corrected chi connectivity index (χ2v) is 7.10. The Kier molecular flexibility index (Phi) is 7.28. The average molecular weight is 427 g/mol. The van der Waals surface area contributed by atoms with Crippen molar-refractivity contribution in [3.63, 3.8) is 0 Å². The highest BCUT2D eigenvalue weighted by Crippen LogP contribution is 2.36. The standard InChI is InChI=1S/C17H19F6N3O3/c1-15(2,3)24-12(27)4-5-13(28)25-26-14(29)9-6-10(16(18,19)20)8-11(7-9)17(21,22)23/h6-8H,4-5H2,1-3H3,(H,24,27)(H,25,28)(H,26,29). The molecule has 1 aromatic carbocycles. The Labute approximate surface area is 162 Å². The molecule has 0 bridgehead atoms. The molecule has 3 N–H and O–H groups in total. The van der Waals surface area contributed by atoms with Gasteiger partial charge in [-0.1, -0.05) is 0 Å². The lowest BCUT2D eigenvalue weighted by Crippen LogP contribution is -2.43. The Morgan fingerprint density at radius 3 is 1.62 bits per heavy atom. The maximum atomic E-state index is 12.8. The van der Waals surface area contributed by atoms with E-state index in [2.05, 4.69) is 5.32 Å². The fourth-order valence-corrected chi connectivity index (χ4v) is 2.05.